The van der Waals surface area contributed by atoms with Crippen LogP contribution in [0.25, 0.3) is 11.2 Å². The molecule has 25 heavy (non-hydrogen) atoms. The number of anilines is 3. The normalized spacial score (nSPS) is 18.6. The van der Waals surface area contributed by atoms with Crippen molar-refractivity contribution in [2.75, 3.05) is 81.4 Å². The van der Waals surface area contributed by atoms with E-state index < -0.39 is 0 Å². The van der Waals surface area contributed by atoms with E-state index in [1.54, 1.807) is 6.20 Å². The first-order valence-corrected chi connectivity index (χ1v) is 8.60. The molecule has 0 amide bonds. The van der Waals surface area contributed by atoms with Gasteiger partial charge in [-0.1, -0.05) is 0 Å². The number of aromatic nitrogens is 4. The molecule has 0 unspecified atom stereocenters. The number of morpholine rings is 2. The van der Waals surface area contributed by atoms with Gasteiger partial charge in [-0.3, -0.25) is 0 Å². The molecule has 0 spiro atoms. The third kappa shape index (κ3) is 3.29. The van der Waals surface area contributed by atoms with Gasteiger partial charge < -0.3 is 24.2 Å². The van der Waals surface area contributed by atoms with Gasteiger partial charge in [-0.15, -0.1) is 0 Å². The summed E-state index contributed by atoms with van der Waals surface area (Å²) in [6, 6.07) is 0. The lowest BCUT2D eigenvalue weighted by atomic mass is 10.3. The van der Waals surface area contributed by atoms with E-state index in [0.29, 0.717) is 38.0 Å². The van der Waals surface area contributed by atoms with Crippen LogP contribution in [-0.2, 0) is 9.47 Å². The quantitative estimate of drug-likeness (QED) is 0.773. The molecule has 4 rings (SSSR count). The maximum atomic E-state index is 5.48. The summed E-state index contributed by atoms with van der Waals surface area (Å²) < 4.78 is 10.9. The third-order valence-electron chi connectivity index (χ3n) is 4.43. The molecule has 0 bridgehead atoms. The van der Waals surface area contributed by atoms with Crippen molar-refractivity contribution in [3.8, 4) is 0 Å². The van der Waals surface area contributed by atoms with Crippen LogP contribution in [0.2, 0.25) is 0 Å². The van der Waals surface area contributed by atoms with Crippen molar-refractivity contribution in [3.63, 3.8) is 0 Å². The fourth-order valence-electron chi connectivity index (χ4n) is 2.99. The van der Waals surface area contributed by atoms with Gasteiger partial charge in [0.1, 0.15) is 5.82 Å². The van der Waals surface area contributed by atoms with Gasteiger partial charge in [-0.2, -0.15) is 9.97 Å². The van der Waals surface area contributed by atoms with Crippen molar-refractivity contribution in [3.05, 3.63) is 6.20 Å². The average molecular weight is 345 g/mol. The zero-order valence-electron chi connectivity index (χ0n) is 14.7. The number of nitrogens with zero attached hydrogens (tertiary/aromatic N) is 7. The van der Waals surface area contributed by atoms with Crippen LogP contribution in [0.1, 0.15) is 0 Å². The minimum atomic E-state index is 0.629. The van der Waals surface area contributed by atoms with Gasteiger partial charge in [0.25, 0.3) is 0 Å². The molecule has 134 valence electrons. The van der Waals surface area contributed by atoms with Crippen LogP contribution in [0.5, 0.6) is 0 Å². The second kappa shape index (κ2) is 6.93. The van der Waals surface area contributed by atoms with Crippen molar-refractivity contribution in [1.82, 2.24) is 19.9 Å². The highest BCUT2D eigenvalue weighted by Gasteiger charge is 2.22. The first-order valence-electron chi connectivity index (χ1n) is 8.60. The second-order valence-corrected chi connectivity index (χ2v) is 6.34. The zero-order valence-corrected chi connectivity index (χ0v) is 14.7. The van der Waals surface area contributed by atoms with Crippen LogP contribution in [0.3, 0.4) is 0 Å². The minimum Gasteiger partial charge on any atom is -0.378 e. The molecule has 2 aliphatic rings. The predicted molar refractivity (Wildman–Crippen MR) is 95.5 cm³/mol. The minimum absolute atomic E-state index is 0.629. The van der Waals surface area contributed by atoms with Crippen molar-refractivity contribution in [2.45, 2.75) is 0 Å². The molecule has 9 heteroatoms. The summed E-state index contributed by atoms with van der Waals surface area (Å²) in [5, 5.41) is 0. The van der Waals surface area contributed by atoms with Crippen LogP contribution in [0, 0.1) is 0 Å². The molecule has 2 aromatic rings. The monoisotopic (exact) mass is 345 g/mol. The summed E-state index contributed by atoms with van der Waals surface area (Å²) in [4.78, 5) is 25.1. The van der Waals surface area contributed by atoms with Crippen LogP contribution in [-0.4, -0.2) is 86.6 Å². The fourth-order valence-corrected chi connectivity index (χ4v) is 2.99. The maximum Gasteiger partial charge on any atom is 0.229 e. The molecule has 0 radical (unpaired) electrons. The Hall–Kier alpha value is -2.26. The highest BCUT2D eigenvalue weighted by atomic mass is 16.5. The molecule has 0 aliphatic carbocycles. The Kier molecular flexibility index (Phi) is 4.50. The van der Waals surface area contributed by atoms with Crippen molar-refractivity contribution in [2.24, 2.45) is 0 Å². The molecule has 2 aliphatic heterocycles. The molecule has 0 aromatic carbocycles. The largest absolute Gasteiger partial charge is 0.378 e. The molecule has 0 atom stereocenters. The van der Waals surface area contributed by atoms with Crippen molar-refractivity contribution in [1.29, 1.82) is 0 Å². The van der Waals surface area contributed by atoms with E-state index in [1.165, 1.54) is 0 Å². The van der Waals surface area contributed by atoms with E-state index in [9.17, 15) is 0 Å². The molecule has 2 saturated heterocycles. The molecule has 4 heterocycles. The Labute approximate surface area is 146 Å². The van der Waals surface area contributed by atoms with Gasteiger partial charge in [0.15, 0.2) is 17.0 Å². The molecule has 2 aromatic heterocycles. The first-order chi connectivity index (χ1) is 12.2. The van der Waals surface area contributed by atoms with Crippen LogP contribution >= 0.6 is 0 Å². The molecular weight excluding hydrogens is 322 g/mol. The molecule has 0 saturated carbocycles. The zero-order chi connectivity index (χ0) is 17.2. The number of hydrogen-bond acceptors (Lipinski definition) is 9. The highest BCUT2D eigenvalue weighted by Crippen LogP contribution is 2.26. The number of hydrogen-bond donors (Lipinski definition) is 0. The van der Waals surface area contributed by atoms with E-state index in [0.717, 1.165) is 43.3 Å². The summed E-state index contributed by atoms with van der Waals surface area (Å²) in [6.07, 6.45) is 1.77. The summed E-state index contributed by atoms with van der Waals surface area (Å²) in [5.41, 5.74) is 1.37. The Morgan fingerprint density at radius 1 is 0.880 bits per heavy atom. The lowest BCUT2D eigenvalue weighted by molar-refractivity contribution is 0.121. The molecular formula is C16H23N7O2. The van der Waals surface area contributed by atoms with Crippen LogP contribution in [0.15, 0.2) is 6.20 Å². The Bertz CT molecular complexity index is 743. The first kappa shape index (κ1) is 16.2. The third-order valence-corrected chi connectivity index (χ3v) is 4.43. The van der Waals surface area contributed by atoms with Crippen molar-refractivity contribution >= 4 is 28.7 Å². The van der Waals surface area contributed by atoms with Gasteiger partial charge in [0, 0.05) is 40.3 Å². The Morgan fingerprint density at radius 3 is 2.16 bits per heavy atom. The molecule has 9 nitrogen and oxygen atoms in total. The number of rotatable bonds is 3. The maximum absolute atomic E-state index is 5.48. The lowest BCUT2D eigenvalue weighted by Crippen LogP contribution is -2.39. The van der Waals surface area contributed by atoms with Gasteiger partial charge in [0.2, 0.25) is 5.95 Å². The van der Waals surface area contributed by atoms with E-state index in [4.69, 9.17) is 19.4 Å². The van der Waals surface area contributed by atoms with Crippen LogP contribution < -0.4 is 14.7 Å². The summed E-state index contributed by atoms with van der Waals surface area (Å²) in [6.45, 7) is 5.94. The fraction of sp³-hybridized carbons (Fsp3) is 0.625. The smallest absolute Gasteiger partial charge is 0.229 e. The predicted octanol–water partition coefficient (Wildman–Crippen LogP) is 0.159. The number of ether oxygens (including phenoxy) is 2. The summed E-state index contributed by atoms with van der Waals surface area (Å²) in [5.74, 6) is 2.32. The topological polar surface area (TPSA) is 79.7 Å². The average Bonchev–Trinajstić information content (AvgIpc) is 2.68. The summed E-state index contributed by atoms with van der Waals surface area (Å²) >= 11 is 0. The Morgan fingerprint density at radius 2 is 1.52 bits per heavy atom. The second-order valence-electron chi connectivity index (χ2n) is 6.34. The summed E-state index contributed by atoms with van der Waals surface area (Å²) in [7, 11) is 3.89. The Balaban J connectivity index is 1.81. The van der Waals surface area contributed by atoms with Gasteiger partial charge >= 0.3 is 0 Å². The highest BCUT2D eigenvalue weighted by molar-refractivity contribution is 5.85. The van der Waals surface area contributed by atoms with E-state index in [1.807, 2.05) is 19.0 Å². The van der Waals surface area contributed by atoms with E-state index in [2.05, 4.69) is 19.8 Å². The van der Waals surface area contributed by atoms with Crippen molar-refractivity contribution < 1.29 is 9.47 Å². The lowest BCUT2D eigenvalue weighted by Gasteiger charge is -2.31. The van der Waals surface area contributed by atoms with Crippen LogP contribution in [0.4, 0.5) is 17.6 Å². The molecule has 2 fully saturated rings. The van der Waals surface area contributed by atoms with E-state index in [-0.39, 0.29) is 0 Å². The molecule has 0 N–H and O–H groups in total. The standard InChI is InChI=1S/C16H23N7O2/c1-21(2)12-11-17-13-14(18-12)19-16(23-5-9-25-10-6-23)20-15(13)22-3-7-24-8-4-22/h11H,3-10H2,1-2H3. The van der Waals surface area contributed by atoms with Gasteiger partial charge in [-0.25, -0.2) is 9.97 Å². The number of fused-ring (bicyclic) bond motifs is 1. The van der Waals surface area contributed by atoms with Gasteiger partial charge in [0.05, 0.1) is 32.6 Å². The van der Waals surface area contributed by atoms with Gasteiger partial charge in [-0.05, 0) is 0 Å². The van der Waals surface area contributed by atoms with E-state index >= 15 is 0 Å². The SMILES string of the molecule is CN(C)c1cnc2c(N3CCOCC3)nc(N3CCOCC3)nc2n1.